The Morgan fingerprint density at radius 3 is 3.06 bits per heavy atom. The van der Waals surface area contributed by atoms with Crippen LogP contribution in [0.3, 0.4) is 0 Å². The summed E-state index contributed by atoms with van der Waals surface area (Å²) in [6.07, 6.45) is 7.67. The van der Waals surface area contributed by atoms with Crippen LogP contribution < -0.4 is 0 Å². The van der Waals surface area contributed by atoms with Crippen molar-refractivity contribution in [2.24, 2.45) is 11.8 Å². The van der Waals surface area contributed by atoms with Gasteiger partial charge in [-0.05, 0) is 42.7 Å². The molecule has 2 aliphatic carbocycles. The lowest BCUT2D eigenvalue weighted by molar-refractivity contribution is -0.145. The number of rotatable bonds is 1. The first-order valence-corrected chi connectivity index (χ1v) is 6.45. The van der Waals surface area contributed by atoms with Crippen molar-refractivity contribution in [1.29, 1.82) is 0 Å². The highest BCUT2D eigenvalue weighted by Crippen LogP contribution is 2.47. The molecule has 0 N–H and O–H groups in total. The Kier molecular flexibility index (Phi) is 2.69. The summed E-state index contributed by atoms with van der Waals surface area (Å²) in [5.74, 6) is 1.63. The van der Waals surface area contributed by atoms with E-state index in [4.69, 9.17) is 9.15 Å². The summed E-state index contributed by atoms with van der Waals surface area (Å²) in [6.45, 7) is 0. The van der Waals surface area contributed by atoms with E-state index in [-0.39, 0.29) is 11.9 Å². The minimum Gasteiger partial charge on any atom is -0.468 e. The Hall–Kier alpha value is -1.25. The van der Waals surface area contributed by atoms with E-state index < -0.39 is 0 Å². The Morgan fingerprint density at radius 1 is 1.41 bits per heavy atom. The third kappa shape index (κ3) is 1.68. The molecule has 0 unspecified atom stereocenters. The number of ether oxygens (including phenoxy) is 1. The van der Waals surface area contributed by atoms with Gasteiger partial charge in [-0.2, -0.15) is 0 Å². The fourth-order valence-corrected chi connectivity index (χ4v) is 3.60. The Bertz CT molecular complexity index is 421. The summed E-state index contributed by atoms with van der Waals surface area (Å²) in [7, 11) is 1.47. The Morgan fingerprint density at radius 2 is 2.24 bits per heavy atom. The van der Waals surface area contributed by atoms with Crippen LogP contribution in [0.5, 0.6) is 0 Å². The molecular weight excluding hydrogens is 216 g/mol. The second-order valence-electron chi connectivity index (χ2n) is 5.22. The molecule has 92 valence electrons. The number of hydrogen-bond donors (Lipinski definition) is 0. The summed E-state index contributed by atoms with van der Waals surface area (Å²) in [5.41, 5.74) is 1.21. The molecule has 0 aliphatic heterocycles. The summed E-state index contributed by atoms with van der Waals surface area (Å²) in [6, 6.07) is 2.01. The van der Waals surface area contributed by atoms with E-state index >= 15 is 0 Å². The zero-order valence-corrected chi connectivity index (χ0v) is 10.1. The van der Waals surface area contributed by atoms with Crippen LogP contribution in [0.15, 0.2) is 16.7 Å². The summed E-state index contributed by atoms with van der Waals surface area (Å²) >= 11 is 0. The van der Waals surface area contributed by atoms with E-state index in [9.17, 15) is 4.79 Å². The van der Waals surface area contributed by atoms with Crippen molar-refractivity contribution in [1.82, 2.24) is 0 Å². The van der Waals surface area contributed by atoms with Crippen LogP contribution in [0.25, 0.3) is 0 Å². The van der Waals surface area contributed by atoms with Crippen molar-refractivity contribution in [2.75, 3.05) is 7.11 Å². The molecule has 0 spiro atoms. The van der Waals surface area contributed by atoms with Crippen molar-refractivity contribution < 1.29 is 13.9 Å². The number of esters is 1. The number of hydrogen-bond acceptors (Lipinski definition) is 3. The zero-order valence-electron chi connectivity index (χ0n) is 10.1. The zero-order chi connectivity index (χ0) is 11.8. The van der Waals surface area contributed by atoms with E-state index in [2.05, 4.69) is 0 Å². The van der Waals surface area contributed by atoms with E-state index in [1.54, 1.807) is 6.26 Å². The van der Waals surface area contributed by atoms with E-state index in [1.165, 1.54) is 31.9 Å². The van der Waals surface area contributed by atoms with Gasteiger partial charge in [0.2, 0.25) is 0 Å². The standard InChI is InChI=1S/C14H18O3/c1-16-14(15)12-11-5-3-2-4-9(11)8-10-6-7-17-13(10)12/h6-7,9,11-12H,2-5,8H2,1H3/t9-,11-,12+/m0/s1. The fraction of sp³-hybridized carbons (Fsp3) is 0.643. The maximum Gasteiger partial charge on any atom is 0.316 e. The molecule has 17 heavy (non-hydrogen) atoms. The van der Waals surface area contributed by atoms with Crippen LogP contribution in [0.4, 0.5) is 0 Å². The molecule has 3 rings (SSSR count). The first-order valence-electron chi connectivity index (χ1n) is 6.45. The molecule has 3 atom stereocenters. The van der Waals surface area contributed by atoms with Gasteiger partial charge in [0.15, 0.2) is 0 Å². The minimum atomic E-state index is -0.163. The third-order valence-electron chi connectivity index (χ3n) is 4.40. The molecule has 1 saturated carbocycles. The number of methoxy groups -OCH3 is 1. The second-order valence-corrected chi connectivity index (χ2v) is 5.22. The van der Waals surface area contributed by atoms with Gasteiger partial charge in [-0.1, -0.05) is 12.8 Å². The first kappa shape index (κ1) is 10.9. The largest absolute Gasteiger partial charge is 0.468 e. The van der Waals surface area contributed by atoms with Crippen molar-refractivity contribution in [3.63, 3.8) is 0 Å². The molecule has 0 bridgehead atoms. The lowest BCUT2D eigenvalue weighted by Crippen LogP contribution is -2.36. The maximum atomic E-state index is 12.0. The van der Waals surface area contributed by atoms with Gasteiger partial charge < -0.3 is 9.15 Å². The molecule has 2 aliphatic rings. The SMILES string of the molecule is COC(=O)[C@H]1c2occc2C[C@@H]2CCCC[C@@H]21. The molecule has 0 amide bonds. The van der Waals surface area contributed by atoms with E-state index in [0.29, 0.717) is 11.8 Å². The molecule has 0 saturated heterocycles. The number of carbonyl (C=O) groups excluding carboxylic acids is 1. The Balaban J connectivity index is 2.00. The van der Waals surface area contributed by atoms with Crippen molar-refractivity contribution in [3.8, 4) is 0 Å². The number of carbonyl (C=O) groups is 1. The van der Waals surface area contributed by atoms with Crippen molar-refractivity contribution in [2.45, 2.75) is 38.0 Å². The third-order valence-corrected chi connectivity index (χ3v) is 4.40. The van der Waals surface area contributed by atoms with E-state index in [1.807, 2.05) is 6.07 Å². The monoisotopic (exact) mass is 234 g/mol. The van der Waals surface area contributed by atoms with Crippen LogP contribution in [0.2, 0.25) is 0 Å². The minimum absolute atomic E-state index is 0.127. The quantitative estimate of drug-likeness (QED) is 0.701. The van der Waals surface area contributed by atoms with E-state index in [0.717, 1.165) is 18.6 Å². The number of furan rings is 1. The maximum absolute atomic E-state index is 12.0. The molecule has 3 heteroatoms. The van der Waals surface area contributed by atoms with Crippen LogP contribution in [0, 0.1) is 11.8 Å². The summed E-state index contributed by atoms with van der Waals surface area (Å²) < 4.78 is 10.5. The van der Waals surface area contributed by atoms with Gasteiger partial charge in [-0.15, -0.1) is 0 Å². The molecule has 1 fully saturated rings. The fourth-order valence-electron chi connectivity index (χ4n) is 3.60. The second kappa shape index (κ2) is 4.21. The normalized spacial score (nSPS) is 31.5. The smallest absolute Gasteiger partial charge is 0.316 e. The average molecular weight is 234 g/mol. The van der Waals surface area contributed by atoms with Gasteiger partial charge in [0.25, 0.3) is 0 Å². The highest BCUT2D eigenvalue weighted by Gasteiger charge is 2.44. The first-order chi connectivity index (χ1) is 8.31. The molecule has 0 radical (unpaired) electrons. The molecule has 0 aromatic carbocycles. The molecule has 3 nitrogen and oxygen atoms in total. The average Bonchev–Trinajstić information content (AvgIpc) is 2.82. The number of fused-ring (bicyclic) bond motifs is 2. The summed E-state index contributed by atoms with van der Waals surface area (Å²) in [5, 5.41) is 0. The highest BCUT2D eigenvalue weighted by atomic mass is 16.5. The topological polar surface area (TPSA) is 39.4 Å². The lowest BCUT2D eigenvalue weighted by Gasteiger charge is -2.38. The van der Waals surface area contributed by atoms with Gasteiger partial charge in [0.1, 0.15) is 11.7 Å². The van der Waals surface area contributed by atoms with Crippen LogP contribution in [0.1, 0.15) is 42.9 Å². The van der Waals surface area contributed by atoms with Gasteiger partial charge in [0, 0.05) is 0 Å². The highest BCUT2D eigenvalue weighted by molar-refractivity contribution is 5.78. The van der Waals surface area contributed by atoms with Gasteiger partial charge >= 0.3 is 5.97 Å². The Labute approximate surface area is 101 Å². The van der Waals surface area contributed by atoms with Gasteiger partial charge in [-0.25, -0.2) is 0 Å². The predicted molar refractivity (Wildman–Crippen MR) is 62.6 cm³/mol. The van der Waals surface area contributed by atoms with Crippen LogP contribution in [-0.4, -0.2) is 13.1 Å². The van der Waals surface area contributed by atoms with Gasteiger partial charge in [0.05, 0.1) is 13.4 Å². The lowest BCUT2D eigenvalue weighted by atomic mass is 9.65. The van der Waals surface area contributed by atoms with Crippen molar-refractivity contribution in [3.05, 3.63) is 23.7 Å². The molecule has 1 heterocycles. The van der Waals surface area contributed by atoms with Crippen molar-refractivity contribution >= 4 is 5.97 Å². The summed E-state index contributed by atoms with van der Waals surface area (Å²) in [4.78, 5) is 12.0. The van der Waals surface area contributed by atoms with Crippen LogP contribution >= 0.6 is 0 Å². The molecule has 1 aromatic heterocycles. The molecular formula is C14H18O3. The van der Waals surface area contributed by atoms with Crippen LogP contribution in [-0.2, 0) is 16.0 Å². The predicted octanol–water partition coefficient (Wildman–Crippen LogP) is 2.90. The molecule has 1 aromatic rings. The van der Waals surface area contributed by atoms with Gasteiger partial charge in [-0.3, -0.25) is 4.79 Å².